The molecule has 0 saturated heterocycles. The lowest BCUT2D eigenvalue weighted by Gasteiger charge is -1.90. The fourth-order valence-corrected chi connectivity index (χ4v) is 0.394. The van der Waals surface area contributed by atoms with E-state index in [-0.39, 0.29) is 12.1 Å². The van der Waals surface area contributed by atoms with Crippen molar-refractivity contribution in [2.24, 2.45) is 4.99 Å². The van der Waals surface area contributed by atoms with Crippen molar-refractivity contribution >= 4 is 17.8 Å². The van der Waals surface area contributed by atoms with Gasteiger partial charge in [0.15, 0.2) is 0 Å². The standard InChI is InChI=1S/C5H7NO4/c1-2-3(4(7)8)6-5(9)10/h2H2,1H3,(H,7,8)(H,9,10). The fraction of sp³-hybridized carbons (Fsp3) is 0.400. The predicted molar refractivity (Wildman–Crippen MR) is 33.4 cm³/mol. The van der Waals surface area contributed by atoms with Crippen molar-refractivity contribution in [3.8, 4) is 0 Å². The first-order valence-electron chi connectivity index (χ1n) is 2.61. The number of carboxylic acids is 1. The molecule has 0 aliphatic carbocycles. The Morgan fingerprint density at radius 1 is 1.40 bits per heavy atom. The number of hydrogen-bond donors (Lipinski definition) is 2. The second-order valence-corrected chi connectivity index (χ2v) is 1.50. The first-order valence-corrected chi connectivity index (χ1v) is 2.61. The van der Waals surface area contributed by atoms with E-state index in [9.17, 15) is 9.59 Å². The van der Waals surface area contributed by atoms with E-state index in [1.807, 2.05) is 0 Å². The first kappa shape index (κ1) is 8.61. The summed E-state index contributed by atoms with van der Waals surface area (Å²) in [6, 6.07) is 0. The maximum Gasteiger partial charge on any atom is 0.431 e. The molecule has 10 heavy (non-hydrogen) atoms. The molecule has 0 heterocycles. The zero-order valence-electron chi connectivity index (χ0n) is 5.37. The second kappa shape index (κ2) is 3.60. The van der Waals surface area contributed by atoms with E-state index in [4.69, 9.17) is 10.2 Å². The lowest BCUT2D eigenvalue weighted by molar-refractivity contribution is -0.129. The summed E-state index contributed by atoms with van der Waals surface area (Å²) < 4.78 is 0. The number of aliphatic imine (C=N–C) groups is 1. The minimum Gasteiger partial charge on any atom is -0.477 e. The van der Waals surface area contributed by atoms with Crippen molar-refractivity contribution in [3.05, 3.63) is 0 Å². The molecule has 5 heteroatoms. The number of hydrogen-bond acceptors (Lipinski definition) is 2. The van der Waals surface area contributed by atoms with Gasteiger partial charge in [-0.05, 0) is 6.42 Å². The third kappa shape index (κ3) is 2.81. The summed E-state index contributed by atoms with van der Waals surface area (Å²) in [5, 5.41) is 16.2. The van der Waals surface area contributed by atoms with E-state index < -0.39 is 12.1 Å². The van der Waals surface area contributed by atoms with Gasteiger partial charge in [-0.2, -0.15) is 4.99 Å². The van der Waals surface area contributed by atoms with Gasteiger partial charge in [-0.1, -0.05) is 6.92 Å². The normalized spacial score (nSPS) is 11.1. The Morgan fingerprint density at radius 2 is 1.90 bits per heavy atom. The molecule has 0 aromatic rings. The van der Waals surface area contributed by atoms with Crippen molar-refractivity contribution < 1.29 is 19.8 Å². The monoisotopic (exact) mass is 145 g/mol. The van der Waals surface area contributed by atoms with Crippen molar-refractivity contribution in [2.75, 3.05) is 0 Å². The highest BCUT2D eigenvalue weighted by molar-refractivity contribution is 6.36. The van der Waals surface area contributed by atoms with Gasteiger partial charge in [0.25, 0.3) is 0 Å². The minimum absolute atomic E-state index is 0.113. The van der Waals surface area contributed by atoms with Crippen LogP contribution in [0.15, 0.2) is 4.99 Å². The number of amides is 1. The number of rotatable bonds is 2. The summed E-state index contributed by atoms with van der Waals surface area (Å²) in [6.07, 6.45) is -1.36. The van der Waals surface area contributed by atoms with Crippen LogP contribution in [0.3, 0.4) is 0 Å². The molecule has 0 rings (SSSR count). The van der Waals surface area contributed by atoms with Gasteiger partial charge in [-0.25, -0.2) is 9.59 Å². The number of nitrogens with zero attached hydrogens (tertiary/aromatic N) is 1. The fourth-order valence-electron chi connectivity index (χ4n) is 0.394. The molecule has 0 aliphatic heterocycles. The summed E-state index contributed by atoms with van der Waals surface area (Å²) in [6.45, 7) is 1.52. The van der Waals surface area contributed by atoms with Crippen molar-refractivity contribution in [1.29, 1.82) is 0 Å². The number of carbonyl (C=O) groups is 2. The van der Waals surface area contributed by atoms with Gasteiger partial charge in [0.1, 0.15) is 5.71 Å². The van der Waals surface area contributed by atoms with Crippen LogP contribution in [0, 0.1) is 0 Å². The summed E-state index contributed by atoms with van der Waals surface area (Å²) >= 11 is 0. The molecule has 56 valence electrons. The van der Waals surface area contributed by atoms with Crippen LogP contribution < -0.4 is 0 Å². The maximum atomic E-state index is 10.1. The average Bonchev–Trinajstić information content (AvgIpc) is 1.81. The van der Waals surface area contributed by atoms with Gasteiger partial charge >= 0.3 is 12.1 Å². The van der Waals surface area contributed by atoms with E-state index in [0.29, 0.717) is 0 Å². The molecule has 0 aliphatic rings. The Labute approximate surface area is 57.0 Å². The van der Waals surface area contributed by atoms with Crippen LogP contribution in [-0.2, 0) is 4.79 Å². The third-order valence-electron chi connectivity index (χ3n) is 0.812. The molecular formula is C5H7NO4. The van der Waals surface area contributed by atoms with Gasteiger partial charge in [0, 0.05) is 0 Å². The summed E-state index contributed by atoms with van der Waals surface area (Å²) in [7, 11) is 0. The van der Waals surface area contributed by atoms with Gasteiger partial charge in [-0.15, -0.1) is 0 Å². The average molecular weight is 145 g/mol. The molecule has 0 bridgehead atoms. The molecule has 0 atom stereocenters. The molecule has 5 nitrogen and oxygen atoms in total. The van der Waals surface area contributed by atoms with Gasteiger partial charge in [0.05, 0.1) is 0 Å². The van der Waals surface area contributed by atoms with E-state index in [2.05, 4.69) is 4.99 Å². The number of carboxylic acid groups (broad SMARTS) is 2. The van der Waals surface area contributed by atoms with E-state index in [1.54, 1.807) is 0 Å². The Morgan fingerprint density at radius 3 is 2.00 bits per heavy atom. The summed E-state index contributed by atoms with van der Waals surface area (Å²) in [5.41, 5.74) is -0.340. The lowest BCUT2D eigenvalue weighted by atomic mass is 10.3. The Bertz CT molecular complexity index is 184. The van der Waals surface area contributed by atoms with E-state index in [0.717, 1.165) is 0 Å². The maximum absolute atomic E-state index is 10.1. The van der Waals surface area contributed by atoms with Crippen molar-refractivity contribution in [3.63, 3.8) is 0 Å². The molecule has 2 N–H and O–H groups in total. The van der Waals surface area contributed by atoms with Crippen LogP contribution in [0.25, 0.3) is 0 Å². The first-order chi connectivity index (χ1) is 4.57. The molecule has 0 aromatic heterocycles. The smallest absolute Gasteiger partial charge is 0.431 e. The molecule has 0 radical (unpaired) electrons. The molecule has 1 amide bonds. The molecule has 0 fully saturated rings. The highest BCUT2D eigenvalue weighted by atomic mass is 16.4. The summed E-state index contributed by atoms with van der Waals surface area (Å²) in [5.74, 6) is -1.29. The molecule has 0 aromatic carbocycles. The SMILES string of the molecule is CCC(=NC(=O)O)C(=O)O. The Kier molecular flexibility index (Phi) is 3.10. The molecule has 0 unspecified atom stereocenters. The predicted octanol–water partition coefficient (Wildman–Crippen LogP) is 0.600. The Hall–Kier alpha value is -1.39. The zero-order chi connectivity index (χ0) is 8.15. The molecular weight excluding hydrogens is 138 g/mol. The van der Waals surface area contributed by atoms with Crippen LogP contribution in [0.1, 0.15) is 13.3 Å². The topological polar surface area (TPSA) is 87.0 Å². The zero-order valence-corrected chi connectivity index (χ0v) is 5.37. The minimum atomic E-state index is -1.47. The quantitative estimate of drug-likeness (QED) is 0.557. The Balaban J connectivity index is 4.34. The van der Waals surface area contributed by atoms with Gasteiger partial charge in [-0.3, -0.25) is 0 Å². The third-order valence-corrected chi connectivity index (χ3v) is 0.812. The van der Waals surface area contributed by atoms with Crippen LogP contribution in [0.5, 0.6) is 0 Å². The number of aliphatic carboxylic acids is 1. The van der Waals surface area contributed by atoms with E-state index >= 15 is 0 Å². The lowest BCUT2D eigenvalue weighted by Crippen LogP contribution is -2.13. The molecule has 0 saturated carbocycles. The van der Waals surface area contributed by atoms with Crippen LogP contribution in [0.4, 0.5) is 4.79 Å². The van der Waals surface area contributed by atoms with Crippen LogP contribution in [0.2, 0.25) is 0 Å². The van der Waals surface area contributed by atoms with Crippen molar-refractivity contribution in [2.45, 2.75) is 13.3 Å². The van der Waals surface area contributed by atoms with Gasteiger partial charge in [0.2, 0.25) is 0 Å². The second-order valence-electron chi connectivity index (χ2n) is 1.50. The van der Waals surface area contributed by atoms with Gasteiger partial charge < -0.3 is 10.2 Å². The van der Waals surface area contributed by atoms with Crippen LogP contribution >= 0.6 is 0 Å². The molecule has 0 spiro atoms. The summed E-state index contributed by atoms with van der Waals surface area (Å²) in [4.78, 5) is 22.7. The van der Waals surface area contributed by atoms with Crippen molar-refractivity contribution in [1.82, 2.24) is 0 Å². The van der Waals surface area contributed by atoms with E-state index in [1.165, 1.54) is 6.92 Å². The van der Waals surface area contributed by atoms with Crippen LogP contribution in [-0.4, -0.2) is 28.0 Å². The highest BCUT2D eigenvalue weighted by Crippen LogP contribution is 1.86. The largest absolute Gasteiger partial charge is 0.477 e. The highest BCUT2D eigenvalue weighted by Gasteiger charge is 2.07.